The molecule has 1 saturated heterocycles. The van der Waals surface area contributed by atoms with Gasteiger partial charge < -0.3 is 14.7 Å². The summed E-state index contributed by atoms with van der Waals surface area (Å²) in [5, 5.41) is 0. The number of unbranched alkanes of at least 4 members (excludes halogenated alkanes) is 4. The Kier molecular flexibility index (Phi) is 14.6. The molecule has 1 aliphatic rings. The van der Waals surface area contributed by atoms with E-state index in [4.69, 9.17) is 0 Å². The van der Waals surface area contributed by atoms with Gasteiger partial charge in [-0.25, -0.2) is 4.79 Å². The Morgan fingerprint density at radius 3 is 1.55 bits per heavy atom. The summed E-state index contributed by atoms with van der Waals surface area (Å²) < 4.78 is 0. The monoisotopic (exact) mass is 434 g/mol. The molecule has 0 radical (unpaired) electrons. The molecule has 0 N–H and O–H groups in total. The summed E-state index contributed by atoms with van der Waals surface area (Å²) in [5.41, 5.74) is 0. The van der Waals surface area contributed by atoms with Crippen molar-refractivity contribution in [1.82, 2.24) is 19.6 Å². The van der Waals surface area contributed by atoms with Gasteiger partial charge in [-0.05, 0) is 50.2 Å². The molecule has 0 aromatic carbocycles. The number of imide groups is 1. The van der Waals surface area contributed by atoms with Crippen LogP contribution in [-0.4, -0.2) is 77.4 Å². The van der Waals surface area contributed by atoms with Gasteiger partial charge in [0.1, 0.15) is 6.54 Å². The van der Waals surface area contributed by atoms with Crippen LogP contribution in [0, 0.1) is 0 Å². The highest BCUT2D eigenvalue weighted by atomic mass is 16.2. The molecule has 0 spiro atoms. The number of rotatable bonds is 18. The van der Waals surface area contributed by atoms with Gasteiger partial charge in [0, 0.05) is 32.7 Å². The van der Waals surface area contributed by atoms with Crippen LogP contribution in [-0.2, 0) is 4.79 Å². The van der Waals surface area contributed by atoms with Crippen molar-refractivity contribution in [3.8, 4) is 0 Å². The van der Waals surface area contributed by atoms with Crippen molar-refractivity contribution < 1.29 is 9.59 Å². The molecule has 0 aliphatic carbocycles. The minimum absolute atomic E-state index is 0.106. The molecule has 0 bridgehead atoms. The number of carbonyl (C=O) groups excluding carboxylic acids is 2. The van der Waals surface area contributed by atoms with Crippen molar-refractivity contribution in [1.29, 1.82) is 0 Å². The zero-order valence-corrected chi connectivity index (χ0v) is 20.5. The Bertz CT molecular complexity index is 546. The summed E-state index contributed by atoms with van der Waals surface area (Å²) >= 11 is 0. The van der Waals surface area contributed by atoms with E-state index in [0.29, 0.717) is 13.1 Å². The lowest BCUT2D eigenvalue weighted by atomic mass is 10.3. The Morgan fingerprint density at radius 1 is 0.710 bits per heavy atom. The molecular weight excluding hydrogens is 388 g/mol. The van der Waals surface area contributed by atoms with E-state index in [2.05, 4.69) is 49.9 Å². The highest BCUT2D eigenvalue weighted by molar-refractivity contribution is 6.02. The van der Waals surface area contributed by atoms with Gasteiger partial charge in [-0.15, -0.1) is 0 Å². The molecule has 0 unspecified atom stereocenters. The van der Waals surface area contributed by atoms with Crippen LogP contribution in [0.25, 0.3) is 0 Å². The molecule has 0 aromatic rings. The first-order valence-corrected chi connectivity index (χ1v) is 12.5. The van der Waals surface area contributed by atoms with Crippen molar-refractivity contribution in [3.63, 3.8) is 0 Å². The van der Waals surface area contributed by atoms with E-state index in [0.717, 1.165) is 51.9 Å². The normalized spacial score (nSPS) is 14.6. The van der Waals surface area contributed by atoms with Gasteiger partial charge in [-0.3, -0.25) is 9.69 Å². The van der Waals surface area contributed by atoms with Crippen LogP contribution >= 0.6 is 0 Å². The third kappa shape index (κ3) is 10.7. The summed E-state index contributed by atoms with van der Waals surface area (Å²) in [6, 6.07) is -0.179. The van der Waals surface area contributed by atoms with Gasteiger partial charge in [0.2, 0.25) is 0 Å². The molecule has 1 heterocycles. The van der Waals surface area contributed by atoms with Gasteiger partial charge in [-0.1, -0.05) is 53.4 Å². The van der Waals surface area contributed by atoms with Gasteiger partial charge >= 0.3 is 6.03 Å². The van der Waals surface area contributed by atoms with Crippen LogP contribution in [0.3, 0.4) is 0 Å². The van der Waals surface area contributed by atoms with Crippen molar-refractivity contribution in [3.05, 3.63) is 24.6 Å². The van der Waals surface area contributed by atoms with Gasteiger partial charge in [-0.2, -0.15) is 0 Å². The fraction of sp³-hybridized carbons (Fsp3) is 0.760. The molecule has 0 aromatic heterocycles. The van der Waals surface area contributed by atoms with Crippen molar-refractivity contribution in [2.24, 2.45) is 0 Å². The number of hydrogen-bond donors (Lipinski definition) is 0. The van der Waals surface area contributed by atoms with Gasteiger partial charge in [0.15, 0.2) is 0 Å². The number of nitrogens with zero attached hydrogens (tertiary/aromatic N) is 4. The van der Waals surface area contributed by atoms with E-state index in [9.17, 15) is 9.59 Å². The van der Waals surface area contributed by atoms with Crippen LogP contribution in [0.15, 0.2) is 24.6 Å². The quantitative estimate of drug-likeness (QED) is 0.282. The molecule has 1 rings (SSSR count). The zero-order valence-electron chi connectivity index (χ0n) is 20.5. The van der Waals surface area contributed by atoms with E-state index in [-0.39, 0.29) is 18.5 Å². The molecule has 31 heavy (non-hydrogen) atoms. The average molecular weight is 435 g/mol. The number of carbonyl (C=O) groups is 2. The minimum Gasteiger partial charge on any atom is -0.378 e. The maximum Gasteiger partial charge on any atom is 0.327 e. The standard InChI is InChI=1S/C25H46N4O2/c1-5-9-15-26(16-10-6-2)19-13-21-28-23-24(30)29(25(28)31)22-14-20-27(17-11-7-3)18-12-8-4/h13-14,19-20H,5-12,15-18,21-23H2,1-4H3. The summed E-state index contributed by atoms with van der Waals surface area (Å²) in [5.74, 6) is -0.106. The zero-order chi connectivity index (χ0) is 22.9. The van der Waals surface area contributed by atoms with Gasteiger partial charge in [0.25, 0.3) is 5.91 Å². The van der Waals surface area contributed by atoms with Crippen LogP contribution in [0.5, 0.6) is 0 Å². The molecule has 3 amide bonds. The topological polar surface area (TPSA) is 47.1 Å². The third-order valence-corrected chi connectivity index (χ3v) is 5.57. The van der Waals surface area contributed by atoms with Crippen LogP contribution in [0.2, 0.25) is 0 Å². The fourth-order valence-corrected chi connectivity index (χ4v) is 3.51. The average Bonchev–Trinajstić information content (AvgIpc) is 3.04. The first-order valence-electron chi connectivity index (χ1n) is 12.5. The molecule has 6 heteroatoms. The predicted molar refractivity (Wildman–Crippen MR) is 130 cm³/mol. The van der Waals surface area contributed by atoms with E-state index >= 15 is 0 Å². The molecule has 0 saturated carbocycles. The fourth-order valence-electron chi connectivity index (χ4n) is 3.51. The molecule has 178 valence electrons. The van der Waals surface area contributed by atoms with Gasteiger partial charge in [0.05, 0.1) is 6.54 Å². The smallest absolute Gasteiger partial charge is 0.327 e. The van der Waals surface area contributed by atoms with Crippen LogP contribution in [0.1, 0.15) is 79.1 Å². The summed E-state index contributed by atoms with van der Waals surface area (Å²) in [4.78, 5) is 32.7. The van der Waals surface area contributed by atoms with Crippen molar-refractivity contribution in [2.75, 3.05) is 45.8 Å². The highest BCUT2D eigenvalue weighted by Gasteiger charge is 2.34. The Balaban J connectivity index is 2.56. The summed E-state index contributed by atoms with van der Waals surface area (Å²) in [7, 11) is 0. The number of amides is 3. The van der Waals surface area contributed by atoms with Crippen molar-refractivity contribution >= 4 is 11.9 Å². The minimum atomic E-state index is -0.179. The molecule has 1 aliphatic heterocycles. The Hall–Kier alpha value is -1.98. The molecule has 0 atom stereocenters. The predicted octanol–water partition coefficient (Wildman–Crippen LogP) is 5.08. The van der Waals surface area contributed by atoms with Crippen LogP contribution in [0.4, 0.5) is 4.79 Å². The lowest BCUT2D eigenvalue weighted by Gasteiger charge is -2.21. The number of hydrogen-bond acceptors (Lipinski definition) is 4. The largest absolute Gasteiger partial charge is 0.378 e. The van der Waals surface area contributed by atoms with Crippen LogP contribution < -0.4 is 0 Å². The number of urea groups is 1. The summed E-state index contributed by atoms with van der Waals surface area (Å²) in [6.07, 6.45) is 17.5. The maximum atomic E-state index is 12.7. The SMILES string of the molecule is CCCCN(C=CCN1CC(=O)N(CC=CN(CCCC)CCCC)C1=O)CCCC. The first-order chi connectivity index (χ1) is 15.1. The van der Waals surface area contributed by atoms with E-state index in [1.807, 2.05) is 12.2 Å². The maximum absolute atomic E-state index is 12.7. The Labute approximate surface area is 190 Å². The highest BCUT2D eigenvalue weighted by Crippen LogP contribution is 2.11. The summed E-state index contributed by atoms with van der Waals surface area (Å²) in [6.45, 7) is 13.9. The lowest BCUT2D eigenvalue weighted by Crippen LogP contribution is -2.33. The molecule has 1 fully saturated rings. The third-order valence-electron chi connectivity index (χ3n) is 5.57. The second-order valence-electron chi connectivity index (χ2n) is 8.42. The van der Waals surface area contributed by atoms with E-state index in [1.54, 1.807) is 4.90 Å². The second kappa shape index (κ2) is 16.7. The van der Waals surface area contributed by atoms with E-state index in [1.165, 1.54) is 30.6 Å². The van der Waals surface area contributed by atoms with Crippen molar-refractivity contribution in [2.45, 2.75) is 79.1 Å². The Morgan fingerprint density at radius 2 is 1.13 bits per heavy atom. The van der Waals surface area contributed by atoms with E-state index < -0.39 is 0 Å². The molecular formula is C25H46N4O2. The molecule has 6 nitrogen and oxygen atoms in total. The lowest BCUT2D eigenvalue weighted by molar-refractivity contribution is -0.124. The second-order valence-corrected chi connectivity index (χ2v) is 8.42. The first kappa shape index (κ1) is 27.1.